The van der Waals surface area contributed by atoms with Crippen LogP contribution >= 0.6 is 0 Å². The first-order valence-corrected chi connectivity index (χ1v) is 5.78. The topological polar surface area (TPSA) is 18.5 Å². The SMILES string of the molecule is [CH2-]Oc1ccc(C(C)c2ccc(O[CH2-])cc2)cc1.[Y].[Y]. The zero-order valence-corrected chi connectivity index (χ0v) is 17.3. The minimum atomic E-state index is 0. The van der Waals surface area contributed by atoms with Crippen molar-refractivity contribution in [2.24, 2.45) is 0 Å². The third-order valence-electron chi connectivity index (χ3n) is 3.09. The van der Waals surface area contributed by atoms with Crippen molar-refractivity contribution >= 4 is 0 Å². The molecule has 0 saturated carbocycles. The van der Waals surface area contributed by atoms with Crippen molar-refractivity contribution in [3.8, 4) is 11.5 Å². The molecule has 2 nitrogen and oxygen atoms in total. The zero-order chi connectivity index (χ0) is 13.0. The summed E-state index contributed by atoms with van der Waals surface area (Å²) in [6.07, 6.45) is 0. The summed E-state index contributed by atoms with van der Waals surface area (Å²) in [7, 11) is 6.78. The fourth-order valence-electron chi connectivity index (χ4n) is 1.90. The smallest absolute Gasteiger partial charge is 0.0843 e. The van der Waals surface area contributed by atoms with Crippen molar-refractivity contribution in [1.29, 1.82) is 0 Å². The van der Waals surface area contributed by atoms with Crippen molar-refractivity contribution < 1.29 is 74.9 Å². The number of hydrogen-bond acceptors (Lipinski definition) is 2. The molecule has 0 amide bonds. The van der Waals surface area contributed by atoms with Crippen LogP contribution in [0.4, 0.5) is 0 Å². The van der Waals surface area contributed by atoms with Gasteiger partial charge >= 0.3 is 0 Å². The molecule has 0 N–H and O–H groups in total. The number of hydrogen-bond donors (Lipinski definition) is 0. The van der Waals surface area contributed by atoms with E-state index in [2.05, 4.69) is 45.4 Å². The molecule has 0 atom stereocenters. The summed E-state index contributed by atoms with van der Waals surface area (Å²) < 4.78 is 9.82. The molecule has 4 heteroatoms. The van der Waals surface area contributed by atoms with Crippen LogP contribution in [-0.4, -0.2) is 0 Å². The van der Waals surface area contributed by atoms with Crippen LogP contribution in [0.1, 0.15) is 24.0 Å². The molecule has 2 rings (SSSR count). The van der Waals surface area contributed by atoms with Gasteiger partial charge in [0.2, 0.25) is 0 Å². The predicted molar refractivity (Wildman–Crippen MR) is 72.4 cm³/mol. The van der Waals surface area contributed by atoms with E-state index in [1.54, 1.807) is 0 Å². The van der Waals surface area contributed by atoms with Crippen molar-refractivity contribution in [2.45, 2.75) is 12.8 Å². The third kappa shape index (κ3) is 5.22. The zero-order valence-electron chi connectivity index (χ0n) is 11.6. The Kier molecular flexibility index (Phi) is 10.2. The Morgan fingerprint density at radius 3 is 1.25 bits per heavy atom. The van der Waals surface area contributed by atoms with Crippen molar-refractivity contribution in [3.63, 3.8) is 0 Å². The molecule has 0 fully saturated rings. The minimum Gasteiger partial charge on any atom is -0.665 e. The van der Waals surface area contributed by atoms with Gasteiger partial charge in [-0.2, -0.15) is 14.2 Å². The van der Waals surface area contributed by atoms with Gasteiger partial charge in [-0.1, -0.05) is 31.2 Å². The van der Waals surface area contributed by atoms with Crippen molar-refractivity contribution in [2.75, 3.05) is 0 Å². The first kappa shape index (κ1) is 20.2. The summed E-state index contributed by atoms with van der Waals surface area (Å²) in [5, 5.41) is 0. The van der Waals surface area contributed by atoms with E-state index in [0.717, 1.165) is 11.5 Å². The van der Waals surface area contributed by atoms with E-state index in [-0.39, 0.29) is 65.4 Å². The van der Waals surface area contributed by atoms with Crippen LogP contribution in [-0.2, 0) is 65.4 Å². The average Bonchev–Trinajstić information content (AvgIpc) is 2.47. The van der Waals surface area contributed by atoms with Crippen LogP contribution in [0, 0.1) is 14.2 Å². The second-order valence-corrected chi connectivity index (χ2v) is 4.15. The normalized spacial score (nSPS) is 9.40. The number of benzene rings is 2. The van der Waals surface area contributed by atoms with Crippen molar-refractivity contribution in [1.82, 2.24) is 0 Å². The van der Waals surface area contributed by atoms with Crippen LogP contribution in [0.15, 0.2) is 48.5 Å². The molecule has 0 saturated heterocycles. The first-order chi connectivity index (χ1) is 8.74. The van der Waals surface area contributed by atoms with Gasteiger partial charge in [0.25, 0.3) is 0 Å². The Labute approximate surface area is 171 Å². The van der Waals surface area contributed by atoms with Crippen LogP contribution in [0.2, 0.25) is 0 Å². The Hall–Kier alpha value is 0.248. The third-order valence-corrected chi connectivity index (χ3v) is 3.09. The van der Waals surface area contributed by atoms with E-state index in [9.17, 15) is 0 Å². The van der Waals surface area contributed by atoms with E-state index < -0.39 is 0 Å². The molecule has 100 valence electrons. The summed E-state index contributed by atoms with van der Waals surface area (Å²) in [4.78, 5) is 0. The second-order valence-electron chi connectivity index (χ2n) is 4.15. The fraction of sp³-hybridized carbons (Fsp3) is 0.125. The van der Waals surface area contributed by atoms with E-state index in [4.69, 9.17) is 9.47 Å². The van der Waals surface area contributed by atoms with Gasteiger partial charge in [-0.3, -0.25) is 0 Å². The Morgan fingerprint density at radius 1 is 0.700 bits per heavy atom. The molecule has 0 unspecified atom stereocenters. The summed E-state index contributed by atoms with van der Waals surface area (Å²) in [6, 6.07) is 15.9. The van der Waals surface area contributed by atoms with E-state index >= 15 is 0 Å². The first-order valence-electron chi connectivity index (χ1n) is 5.78. The predicted octanol–water partition coefficient (Wildman–Crippen LogP) is 4.17. The monoisotopic (exact) mass is 418 g/mol. The molecule has 2 aromatic rings. The van der Waals surface area contributed by atoms with Gasteiger partial charge in [-0.25, -0.2) is 0 Å². The van der Waals surface area contributed by atoms with Crippen LogP contribution in [0.25, 0.3) is 0 Å². The van der Waals surface area contributed by atoms with E-state index in [0.29, 0.717) is 5.92 Å². The maximum atomic E-state index is 4.91. The Bertz CT molecular complexity index is 447. The second kappa shape index (κ2) is 10.1. The van der Waals surface area contributed by atoms with Gasteiger partial charge in [0.1, 0.15) is 0 Å². The van der Waals surface area contributed by atoms with Crippen LogP contribution in [0.5, 0.6) is 11.5 Å². The van der Waals surface area contributed by atoms with Gasteiger partial charge in [0.05, 0.1) is 11.5 Å². The van der Waals surface area contributed by atoms with E-state index in [1.165, 1.54) is 11.1 Å². The molecular formula is C16H16O2Y2-2. The summed E-state index contributed by atoms with van der Waals surface area (Å²) in [6.45, 7) is 2.17. The number of ether oxygens (including phenoxy) is 2. The van der Waals surface area contributed by atoms with Gasteiger partial charge in [-0.05, 0) is 35.4 Å². The molecular weight excluding hydrogens is 402 g/mol. The maximum Gasteiger partial charge on any atom is 0.0843 e. The van der Waals surface area contributed by atoms with Crippen LogP contribution in [0.3, 0.4) is 0 Å². The average molecular weight is 418 g/mol. The standard InChI is InChI=1S/C16H16O2.2Y/c1-12(13-4-8-15(17-2)9-5-13)14-6-10-16(18-3)11-7-14;;/h4-12H,2-3H2,1H3;;/q-2;;. The Balaban J connectivity index is 0.00000180. The van der Waals surface area contributed by atoms with Gasteiger partial charge in [0, 0.05) is 71.3 Å². The molecule has 20 heavy (non-hydrogen) atoms. The number of rotatable bonds is 4. The molecule has 0 aliphatic heterocycles. The molecule has 0 aliphatic carbocycles. The van der Waals surface area contributed by atoms with E-state index in [1.807, 2.05) is 24.3 Å². The quantitative estimate of drug-likeness (QED) is 0.695. The summed E-state index contributed by atoms with van der Waals surface area (Å²) in [5.41, 5.74) is 2.47. The fourth-order valence-corrected chi connectivity index (χ4v) is 1.90. The van der Waals surface area contributed by atoms with Gasteiger partial charge < -0.3 is 9.47 Å². The van der Waals surface area contributed by atoms with Gasteiger partial charge in [-0.15, -0.1) is 0 Å². The van der Waals surface area contributed by atoms with Gasteiger partial charge in [0.15, 0.2) is 0 Å². The largest absolute Gasteiger partial charge is 0.665 e. The summed E-state index contributed by atoms with van der Waals surface area (Å²) in [5.74, 6) is 1.86. The van der Waals surface area contributed by atoms with Crippen LogP contribution < -0.4 is 9.47 Å². The molecule has 0 aromatic heterocycles. The molecule has 0 bridgehead atoms. The maximum absolute atomic E-state index is 4.91. The Morgan fingerprint density at radius 2 is 1.00 bits per heavy atom. The molecule has 0 spiro atoms. The molecule has 2 aromatic carbocycles. The molecule has 0 heterocycles. The molecule has 0 aliphatic rings. The van der Waals surface area contributed by atoms with Crippen molar-refractivity contribution in [3.05, 3.63) is 73.9 Å². The minimum absolute atomic E-state index is 0. The summed E-state index contributed by atoms with van der Waals surface area (Å²) >= 11 is 0. The molecule has 2 radical (unpaired) electrons.